The van der Waals surface area contributed by atoms with Crippen LogP contribution >= 0.6 is 11.3 Å². The van der Waals surface area contributed by atoms with E-state index in [0.29, 0.717) is 44.9 Å². The predicted molar refractivity (Wildman–Crippen MR) is 83.1 cm³/mol. The van der Waals surface area contributed by atoms with E-state index >= 15 is 0 Å². The number of aliphatic imine (C=N–C) groups is 1. The van der Waals surface area contributed by atoms with Gasteiger partial charge in [-0.3, -0.25) is 19.5 Å². The normalized spacial score (nSPS) is 16.2. The van der Waals surface area contributed by atoms with Gasteiger partial charge in [0.25, 0.3) is 0 Å². The molecule has 2 heterocycles. The second-order valence-electron chi connectivity index (χ2n) is 4.78. The average Bonchev–Trinajstić information content (AvgIpc) is 2.98. The molecule has 7 heteroatoms. The molecule has 0 spiro atoms. The van der Waals surface area contributed by atoms with Crippen LogP contribution in [-0.4, -0.2) is 42.8 Å². The maximum Gasteiger partial charge on any atom is 0.229 e. The fraction of sp³-hybridized carbons (Fsp3) is 0.500. The van der Waals surface area contributed by atoms with Gasteiger partial charge in [-0.15, -0.1) is 0 Å². The van der Waals surface area contributed by atoms with E-state index in [0.717, 1.165) is 0 Å². The highest BCUT2D eigenvalue weighted by Gasteiger charge is 2.25. The van der Waals surface area contributed by atoms with Gasteiger partial charge in [-0.1, -0.05) is 0 Å². The van der Waals surface area contributed by atoms with Crippen LogP contribution in [0.2, 0.25) is 0 Å². The molecule has 1 fully saturated rings. The Hall–Kier alpha value is -1.89. The van der Waals surface area contributed by atoms with Crippen LogP contribution in [0.4, 0.5) is 0 Å². The lowest BCUT2D eigenvalue weighted by Gasteiger charge is -2.25. The molecule has 2 rings (SSSR count). The minimum atomic E-state index is -0.0748. The second kappa shape index (κ2) is 7.78. The van der Waals surface area contributed by atoms with Crippen LogP contribution in [0.15, 0.2) is 21.8 Å². The van der Waals surface area contributed by atoms with Gasteiger partial charge in [0.15, 0.2) is 5.96 Å². The molecule has 1 aliphatic rings. The fourth-order valence-electron chi connectivity index (χ4n) is 2.13. The lowest BCUT2D eigenvalue weighted by molar-refractivity contribution is -0.147. The molecule has 0 unspecified atom stereocenters. The van der Waals surface area contributed by atoms with Crippen molar-refractivity contribution in [3.8, 4) is 0 Å². The molecule has 1 aliphatic heterocycles. The van der Waals surface area contributed by atoms with Crippen LogP contribution in [0, 0.1) is 0 Å². The number of carbonyl (C=O) groups is 2. The smallest absolute Gasteiger partial charge is 0.229 e. The number of hydrogen-bond donors (Lipinski definition) is 2. The van der Waals surface area contributed by atoms with E-state index in [-0.39, 0.29) is 11.8 Å². The molecule has 1 aromatic heterocycles. The number of carbonyl (C=O) groups excluding carboxylic acids is 2. The molecule has 0 bridgehead atoms. The molecule has 1 aromatic rings. The van der Waals surface area contributed by atoms with Crippen molar-refractivity contribution in [2.24, 2.45) is 4.99 Å². The van der Waals surface area contributed by atoms with Crippen LogP contribution < -0.4 is 10.6 Å². The summed E-state index contributed by atoms with van der Waals surface area (Å²) >= 11 is 1.65. The Balaban J connectivity index is 1.73. The zero-order valence-corrected chi connectivity index (χ0v) is 12.9. The summed E-state index contributed by atoms with van der Waals surface area (Å²) in [5.41, 5.74) is 1.20. The largest absolute Gasteiger partial charge is 0.355 e. The Bertz CT molecular complexity index is 497. The molecular weight excluding hydrogens is 288 g/mol. The Morgan fingerprint density at radius 1 is 1.33 bits per heavy atom. The number of nitrogens with zero attached hydrogens (tertiary/aromatic N) is 2. The zero-order chi connectivity index (χ0) is 15.1. The summed E-state index contributed by atoms with van der Waals surface area (Å²) in [6.45, 7) is 1.59. The first-order valence-corrected chi connectivity index (χ1v) is 7.94. The van der Waals surface area contributed by atoms with Crippen molar-refractivity contribution in [3.05, 3.63) is 22.4 Å². The summed E-state index contributed by atoms with van der Waals surface area (Å²) in [6, 6.07) is 2.05. The van der Waals surface area contributed by atoms with E-state index in [2.05, 4.69) is 27.1 Å². The number of amides is 2. The summed E-state index contributed by atoms with van der Waals surface area (Å²) in [6.07, 6.45) is 1.61. The molecule has 1 saturated heterocycles. The minimum absolute atomic E-state index is 0.0748. The van der Waals surface area contributed by atoms with Crippen LogP contribution in [0.3, 0.4) is 0 Å². The Morgan fingerprint density at radius 2 is 2.10 bits per heavy atom. The van der Waals surface area contributed by atoms with E-state index in [4.69, 9.17) is 0 Å². The fourth-order valence-corrected chi connectivity index (χ4v) is 2.80. The number of imide groups is 1. The summed E-state index contributed by atoms with van der Waals surface area (Å²) in [5, 5.41) is 10.4. The summed E-state index contributed by atoms with van der Waals surface area (Å²) in [7, 11) is 1.69. The number of likely N-dealkylation sites (tertiary alicyclic amines) is 1. The maximum absolute atomic E-state index is 11.7. The third-order valence-corrected chi connectivity index (χ3v) is 4.01. The first kappa shape index (κ1) is 15.5. The molecule has 2 N–H and O–H groups in total. The van der Waals surface area contributed by atoms with Gasteiger partial charge in [0.2, 0.25) is 11.8 Å². The molecule has 0 radical (unpaired) electrons. The summed E-state index contributed by atoms with van der Waals surface area (Å²) in [5.74, 6) is 0.515. The van der Waals surface area contributed by atoms with Crippen molar-refractivity contribution in [2.75, 3.05) is 20.1 Å². The number of rotatable bonds is 5. The quantitative estimate of drug-likeness (QED) is 0.482. The maximum atomic E-state index is 11.7. The van der Waals surface area contributed by atoms with Crippen molar-refractivity contribution in [3.63, 3.8) is 0 Å². The monoisotopic (exact) mass is 308 g/mol. The van der Waals surface area contributed by atoms with E-state index in [1.54, 1.807) is 18.4 Å². The van der Waals surface area contributed by atoms with Crippen molar-refractivity contribution in [1.29, 1.82) is 0 Å². The molecule has 0 aromatic carbocycles. The van der Waals surface area contributed by atoms with Crippen molar-refractivity contribution in [2.45, 2.75) is 25.8 Å². The first-order chi connectivity index (χ1) is 10.2. The standard InChI is InChI=1S/C14H20N4O2S/c1-15-14(17-9-11-5-8-21-10-11)16-6-7-18-12(19)3-2-4-13(18)20/h5,8,10H,2-4,6-7,9H2,1H3,(H2,15,16,17). The Morgan fingerprint density at radius 3 is 2.71 bits per heavy atom. The highest BCUT2D eigenvalue weighted by molar-refractivity contribution is 7.07. The highest BCUT2D eigenvalue weighted by Crippen LogP contribution is 2.11. The van der Waals surface area contributed by atoms with Crippen LogP contribution in [0.5, 0.6) is 0 Å². The van der Waals surface area contributed by atoms with Crippen molar-refractivity contribution < 1.29 is 9.59 Å². The van der Waals surface area contributed by atoms with E-state index in [1.165, 1.54) is 10.5 Å². The van der Waals surface area contributed by atoms with E-state index in [1.807, 2.05) is 5.38 Å². The first-order valence-electron chi connectivity index (χ1n) is 6.99. The lowest BCUT2D eigenvalue weighted by Crippen LogP contribution is -2.46. The van der Waals surface area contributed by atoms with Crippen molar-refractivity contribution in [1.82, 2.24) is 15.5 Å². The average molecular weight is 308 g/mol. The van der Waals surface area contributed by atoms with Gasteiger partial charge < -0.3 is 10.6 Å². The van der Waals surface area contributed by atoms with Crippen LogP contribution in [-0.2, 0) is 16.1 Å². The molecular formula is C14H20N4O2S. The second-order valence-corrected chi connectivity index (χ2v) is 5.56. The van der Waals surface area contributed by atoms with Crippen molar-refractivity contribution >= 4 is 29.1 Å². The van der Waals surface area contributed by atoms with Gasteiger partial charge in [0.05, 0.1) is 0 Å². The van der Waals surface area contributed by atoms with Gasteiger partial charge in [-0.2, -0.15) is 11.3 Å². The molecule has 6 nitrogen and oxygen atoms in total. The summed E-state index contributed by atoms with van der Waals surface area (Å²) in [4.78, 5) is 28.8. The summed E-state index contributed by atoms with van der Waals surface area (Å²) < 4.78 is 0. The predicted octanol–water partition coefficient (Wildman–Crippen LogP) is 0.952. The topological polar surface area (TPSA) is 73.8 Å². The Kier molecular flexibility index (Phi) is 5.74. The molecule has 0 saturated carbocycles. The van der Waals surface area contributed by atoms with Gasteiger partial charge in [-0.05, 0) is 28.8 Å². The van der Waals surface area contributed by atoms with Gasteiger partial charge in [-0.25, -0.2) is 0 Å². The van der Waals surface area contributed by atoms with Crippen LogP contribution in [0.1, 0.15) is 24.8 Å². The van der Waals surface area contributed by atoms with Gasteiger partial charge in [0, 0.05) is 39.5 Å². The third kappa shape index (κ3) is 4.56. The van der Waals surface area contributed by atoms with E-state index < -0.39 is 0 Å². The molecule has 0 atom stereocenters. The third-order valence-electron chi connectivity index (χ3n) is 3.27. The highest BCUT2D eigenvalue weighted by atomic mass is 32.1. The number of piperidine rings is 1. The SMILES string of the molecule is CN=C(NCCN1C(=O)CCCC1=O)NCc1ccsc1. The van der Waals surface area contributed by atoms with Gasteiger partial charge >= 0.3 is 0 Å². The Labute approximate surface area is 128 Å². The minimum Gasteiger partial charge on any atom is -0.355 e. The number of hydrogen-bond acceptors (Lipinski definition) is 4. The molecule has 2 amide bonds. The van der Waals surface area contributed by atoms with E-state index in [9.17, 15) is 9.59 Å². The van der Waals surface area contributed by atoms with Crippen LogP contribution in [0.25, 0.3) is 0 Å². The number of thiophene rings is 1. The molecule has 0 aliphatic carbocycles. The lowest BCUT2D eigenvalue weighted by atomic mass is 10.1. The molecule has 21 heavy (non-hydrogen) atoms. The molecule has 114 valence electrons. The van der Waals surface area contributed by atoms with Gasteiger partial charge in [0.1, 0.15) is 0 Å². The number of guanidine groups is 1. The zero-order valence-electron chi connectivity index (χ0n) is 12.1. The number of nitrogens with one attached hydrogen (secondary N) is 2.